The van der Waals surface area contributed by atoms with Gasteiger partial charge >= 0.3 is 5.69 Å². The third kappa shape index (κ3) is 3.96. The first kappa shape index (κ1) is 22.2. The summed E-state index contributed by atoms with van der Waals surface area (Å²) in [5, 5.41) is 0. The highest BCUT2D eigenvalue weighted by Crippen LogP contribution is 2.27. The standard InChI is InChI=1S/C25H29N5O4/c1-16-14-30-24(27-16)23-22(11-18(13-26-23)28-7-5-19(32-2)6-8-28)29(25(30)31)15-17-9-20(33-3)12-21(10-17)34-4/h9-14,19H,5-8,15H2,1-4H3. The van der Waals surface area contributed by atoms with Gasteiger partial charge < -0.3 is 19.1 Å². The lowest BCUT2D eigenvalue weighted by atomic mass is 10.1. The van der Waals surface area contributed by atoms with Crippen molar-refractivity contribution in [3.05, 3.63) is 58.4 Å². The molecule has 0 unspecified atom stereocenters. The number of fused-ring (bicyclic) bond motifs is 3. The average molecular weight is 464 g/mol. The third-order valence-electron chi connectivity index (χ3n) is 6.51. The number of imidazole rings is 1. The van der Waals surface area contributed by atoms with E-state index in [0.717, 1.165) is 48.4 Å². The highest BCUT2D eigenvalue weighted by atomic mass is 16.5. The molecule has 9 heteroatoms. The number of pyridine rings is 1. The molecule has 0 N–H and O–H groups in total. The van der Waals surface area contributed by atoms with Crippen molar-refractivity contribution in [3.8, 4) is 11.5 Å². The van der Waals surface area contributed by atoms with Gasteiger partial charge in [-0.3, -0.25) is 4.57 Å². The molecule has 1 aliphatic heterocycles. The minimum Gasteiger partial charge on any atom is -0.497 e. The Morgan fingerprint density at radius 3 is 2.38 bits per heavy atom. The van der Waals surface area contributed by atoms with Gasteiger partial charge in [0.05, 0.1) is 50.0 Å². The number of hydrogen-bond acceptors (Lipinski definition) is 7. The second-order valence-electron chi connectivity index (χ2n) is 8.65. The van der Waals surface area contributed by atoms with E-state index in [1.165, 1.54) is 0 Å². The molecule has 1 aliphatic rings. The molecule has 3 aromatic heterocycles. The van der Waals surface area contributed by atoms with Gasteiger partial charge in [-0.25, -0.2) is 19.2 Å². The molecule has 9 nitrogen and oxygen atoms in total. The van der Waals surface area contributed by atoms with Crippen LogP contribution >= 0.6 is 0 Å². The smallest absolute Gasteiger partial charge is 0.334 e. The third-order valence-corrected chi connectivity index (χ3v) is 6.51. The van der Waals surface area contributed by atoms with E-state index >= 15 is 0 Å². The van der Waals surface area contributed by atoms with Crippen molar-refractivity contribution >= 4 is 22.4 Å². The lowest BCUT2D eigenvalue weighted by Gasteiger charge is -2.32. The van der Waals surface area contributed by atoms with Crippen LogP contribution in [0, 0.1) is 6.92 Å². The maximum Gasteiger partial charge on any atom is 0.334 e. The summed E-state index contributed by atoms with van der Waals surface area (Å²) in [4.78, 5) is 25.3. The molecule has 5 rings (SSSR count). The van der Waals surface area contributed by atoms with Crippen LogP contribution in [0.2, 0.25) is 0 Å². The first-order chi connectivity index (χ1) is 16.5. The molecule has 0 aliphatic carbocycles. The summed E-state index contributed by atoms with van der Waals surface area (Å²) in [5.41, 5.74) is 4.50. The Hall–Kier alpha value is -3.59. The predicted molar refractivity (Wildman–Crippen MR) is 130 cm³/mol. The summed E-state index contributed by atoms with van der Waals surface area (Å²) in [6, 6.07) is 7.70. The maximum atomic E-state index is 13.6. The normalized spacial score (nSPS) is 14.8. The Balaban J connectivity index is 1.65. The number of nitrogens with zero attached hydrogens (tertiary/aromatic N) is 5. The fourth-order valence-electron chi connectivity index (χ4n) is 4.68. The van der Waals surface area contributed by atoms with Crippen LogP contribution in [0.15, 0.2) is 41.5 Å². The van der Waals surface area contributed by atoms with Crippen molar-refractivity contribution < 1.29 is 14.2 Å². The van der Waals surface area contributed by atoms with E-state index in [1.807, 2.05) is 31.3 Å². The van der Waals surface area contributed by atoms with Crippen molar-refractivity contribution in [2.45, 2.75) is 32.4 Å². The van der Waals surface area contributed by atoms with E-state index < -0.39 is 0 Å². The van der Waals surface area contributed by atoms with Crippen LogP contribution in [0.1, 0.15) is 24.1 Å². The second-order valence-corrected chi connectivity index (χ2v) is 8.65. The number of piperidine rings is 1. The number of methoxy groups -OCH3 is 3. The van der Waals surface area contributed by atoms with E-state index in [1.54, 1.807) is 36.5 Å². The molecule has 1 fully saturated rings. The molecule has 4 heterocycles. The van der Waals surface area contributed by atoms with Crippen LogP contribution in [0.5, 0.6) is 11.5 Å². The monoisotopic (exact) mass is 463 g/mol. The predicted octanol–water partition coefficient (Wildman–Crippen LogP) is 3.03. The van der Waals surface area contributed by atoms with Crippen LogP contribution < -0.4 is 20.1 Å². The topological polar surface area (TPSA) is 83.1 Å². The van der Waals surface area contributed by atoms with Crippen molar-refractivity contribution in [2.75, 3.05) is 39.3 Å². The first-order valence-corrected chi connectivity index (χ1v) is 11.4. The van der Waals surface area contributed by atoms with Gasteiger partial charge in [-0.15, -0.1) is 0 Å². The van der Waals surface area contributed by atoms with Crippen molar-refractivity contribution in [1.29, 1.82) is 0 Å². The summed E-state index contributed by atoms with van der Waals surface area (Å²) in [7, 11) is 4.99. The molecule has 0 radical (unpaired) electrons. The second kappa shape index (κ2) is 8.98. The molecule has 0 bridgehead atoms. The lowest BCUT2D eigenvalue weighted by molar-refractivity contribution is 0.0819. The zero-order valence-electron chi connectivity index (χ0n) is 19.9. The van der Waals surface area contributed by atoms with Gasteiger partial charge in [0.15, 0.2) is 5.65 Å². The fraction of sp³-hybridized carbons (Fsp3) is 0.400. The number of ether oxygens (including phenoxy) is 3. The number of benzene rings is 1. The van der Waals surface area contributed by atoms with Crippen LogP contribution in [0.4, 0.5) is 5.69 Å². The van der Waals surface area contributed by atoms with E-state index in [4.69, 9.17) is 19.2 Å². The van der Waals surface area contributed by atoms with Crippen LogP contribution in [-0.2, 0) is 11.3 Å². The van der Waals surface area contributed by atoms with Crippen molar-refractivity contribution in [1.82, 2.24) is 18.9 Å². The van der Waals surface area contributed by atoms with Gasteiger partial charge in [-0.1, -0.05) is 0 Å². The Labute approximate surface area is 197 Å². The zero-order valence-corrected chi connectivity index (χ0v) is 19.9. The van der Waals surface area contributed by atoms with E-state index in [-0.39, 0.29) is 5.69 Å². The van der Waals surface area contributed by atoms with Crippen molar-refractivity contribution in [3.63, 3.8) is 0 Å². The summed E-state index contributed by atoms with van der Waals surface area (Å²) >= 11 is 0. The largest absolute Gasteiger partial charge is 0.497 e. The molecular formula is C25H29N5O4. The summed E-state index contributed by atoms with van der Waals surface area (Å²) in [6.45, 7) is 3.98. The van der Waals surface area contributed by atoms with Gasteiger partial charge in [-0.05, 0) is 43.5 Å². The Bertz CT molecular complexity index is 1380. The molecule has 4 aromatic rings. The highest BCUT2D eigenvalue weighted by Gasteiger charge is 2.21. The van der Waals surface area contributed by atoms with E-state index in [0.29, 0.717) is 35.3 Å². The quantitative estimate of drug-likeness (QED) is 0.435. The number of hydrogen-bond donors (Lipinski definition) is 0. The molecule has 0 atom stereocenters. The molecule has 0 amide bonds. The summed E-state index contributed by atoms with van der Waals surface area (Å²) in [5.74, 6) is 1.34. The summed E-state index contributed by atoms with van der Waals surface area (Å²) in [6.07, 6.45) is 5.85. The minimum atomic E-state index is -0.165. The average Bonchev–Trinajstić information content (AvgIpc) is 3.27. The molecule has 178 valence electrons. The van der Waals surface area contributed by atoms with Gasteiger partial charge in [0, 0.05) is 32.5 Å². The molecule has 34 heavy (non-hydrogen) atoms. The van der Waals surface area contributed by atoms with Gasteiger partial charge in [0.25, 0.3) is 0 Å². The maximum absolute atomic E-state index is 13.6. The Morgan fingerprint density at radius 1 is 1.03 bits per heavy atom. The molecule has 1 aromatic carbocycles. The number of aryl methyl sites for hydroxylation is 1. The van der Waals surface area contributed by atoms with E-state index in [9.17, 15) is 4.79 Å². The number of rotatable bonds is 6. The van der Waals surface area contributed by atoms with Crippen LogP contribution in [0.3, 0.4) is 0 Å². The lowest BCUT2D eigenvalue weighted by Crippen LogP contribution is -2.36. The summed E-state index contributed by atoms with van der Waals surface area (Å²) < 4.78 is 19.7. The fourth-order valence-corrected chi connectivity index (χ4v) is 4.68. The number of aromatic nitrogens is 4. The van der Waals surface area contributed by atoms with E-state index in [2.05, 4.69) is 16.0 Å². The molecule has 0 spiro atoms. The Kier molecular flexibility index (Phi) is 5.87. The van der Waals surface area contributed by atoms with Gasteiger partial charge in [-0.2, -0.15) is 0 Å². The molecule has 0 saturated carbocycles. The van der Waals surface area contributed by atoms with Crippen LogP contribution in [-0.4, -0.2) is 59.5 Å². The Morgan fingerprint density at radius 2 is 1.74 bits per heavy atom. The van der Waals surface area contributed by atoms with Crippen molar-refractivity contribution in [2.24, 2.45) is 0 Å². The first-order valence-electron chi connectivity index (χ1n) is 11.4. The highest BCUT2D eigenvalue weighted by molar-refractivity contribution is 5.89. The molecular weight excluding hydrogens is 434 g/mol. The minimum absolute atomic E-state index is 0.165. The zero-order chi connectivity index (χ0) is 23.8. The van der Waals surface area contributed by atoms with Crippen LogP contribution in [0.25, 0.3) is 16.7 Å². The SMILES string of the molecule is COc1cc(Cn2c(=O)n3cc(C)nc3c3ncc(N4CCC(OC)CC4)cc32)cc(OC)c1. The molecule has 1 saturated heterocycles. The van der Waals surface area contributed by atoms with Gasteiger partial charge in [0.2, 0.25) is 0 Å². The van der Waals surface area contributed by atoms with Gasteiger partial charge in [0.1, 0.15) is 17.0 Å². The number of anilines is 1.